The molecule has 2 heterocycles. The van der Waals surface area contributed by atoms with E-state index in [1.807, 2.05) is 17.7 Å². The molecular weight excluding hydrogens is 309 g/mol. The van der Waals surface area contributed by atoms with E-state index in [9.17, 15) is 9.18 Å². The summed E-state index contributed by atoms with van der Waals surface area (Å²) < 4.78 is 15.5. The molecule has 1 aromatic heterocycles. The zero-order chi connectivity index (χ0) is 16.8. The largest absolute Gasteiger partial charge is 0.327 e. The quantitative estimate of drug-likeness (QED) is 0.849. The summed E-state index contributed by atoms with van der Waals surface area (Å²) in [6.07, 6.45) is 2.25. The van der Waals surface area contributed by atoms with Gasteiger partial charge in [-0.1, -0.05) is 0 Å². The molecule has 122 valence electrons. The number of aromatic nitrogens is 3. The molecule has 1 aliphatic carbocycles. The molecule has 24 heavy (non-hydrogen) atoms. The van der Waals surface area contributed by atoms with Crippen LogP contribution in [0.1, 0.15) is 59.3 Å². The number of nitrogens with zero attached hydrogens (tertiary/aromatic N) is 5. The lowest BCUT2D eigenvalue weighted by Gasteiger charge is -2.33. The SMILES string of the molecule is C[C@@H]1c2nc(C3CC3)nn2CCN1C(=O)c1cc(F)cc(C#N)c1. The molecule has 6 nitrogen and oxygen atoms in total. The number of carbonyl (C=O) groups excluding carboxylic acids is 1. The predicted molar refractivity (Wildman–Crippen MR) is 82.6 cm³/mol. The highest BCUT2D eigenvalue weighted by Crippen LogP contribution is 2.39. The minimum atomic E-state index is -0.582. The third-order valence-electron chi connectivity index (χ3n) is 4.59. The van der Waals surface area contributed by atoms with E-state index in [2.05, 4.69) is 10.1 Å². The van der Waals surface area contributed by atoms with E-state index >= 15 is 0 Å². The van der Waals surface area contributed by atoms with Crippen LogP contribution in [-0.2, 0) is 6.54 Å². The topological polar surface area (TPSA) is 74.8 Å². The molecule has 0 radical (unpaired) electrons. The van der Waals surface area contributed by atoms with Crippen LogP contribution >= 0.6 is 0 Å². The fraction of sp³-hybridized carbons (Fsp3) is 0.412. The molecule has 1 fully saturated rings. The molecule has 1 amide bonds. The Labute approximate surface area is 138 Å². The lowest BCUT2D eigenvalue weighted by molar-refractivity contribution is 0.0630. The van der Waals surface area contributed by atoms with Crippen LogP contribution in [0.25, 0.3) is 0 Å². The van der Waals surface area contributed by atoms with E-state index in [4.69, 9.17) is 5.26 Å². The Hall–Kier alpha value is -2.75. The summed E-state index contributed by atoms with van der Waals surface area (Å²) in [7, 11) is 0. The van der Waals surface area contributed by atoms with Gasteiger partial charge in [0.1, 0.15) is 11.6 Å². The van der Waals surface area contributed by atoms with E-state index in [1.54, 1.807) is 4.90 Å². The van der Waals surface area contributed by atoms with E-state index in [0.717, 1.165) is 30.6 Å². The first kappa shape index (κ1) is 14.8. The highest BCUT2D eigenvalue weighted by atomic mass is 19.1. The van der Waals surface area contributed by atoms with Crippen LogP contribution in [0, 0.1) is 17.1 Å². The van der Waals surface area contributed by atoms with Gasteiger partial charge < -0.3 is 4.90 Å². The van der Waals surface area contributed by atoms with Crippen molar-refractivity contribution in [1.29, 1.82) is 5.26 Å². The maximum Gasteiger partial charge on any atom is 0.254 e. The predicted octanol–water partition coefficient (Wildman–Crippen LogP) is 2.38. The van der Waals surface area contributed by atoms with Gasteiger partial charge in [0.05, 0.1) is 24.2 Å². The summed E-state index contributed by atoms with van der Waals surface area (Å²) in [6.45, 7) is 2.96. The second-order valence-corrected chi connectivity index (χ2v) is 6.34. The number of halogens is 1. The molecule has 1 aromatic carbocycles. The molecule has 1 saturated carbocycles. The average Bonchev–Trinajstić information content (AvgIpc) is 3.33. The second kappa shape index (κ2) is 5.41. The molecule has 4 rings (SSSR count). The van der Waals surface area contributed by atoms with Gasteiger partial charge in [0.2, 0.25) is 0 Å². The Morgan fingerprint density at radius 1 is 1.33 bits per heavy atom. The van der Waals surface area contributed by atoms with Gasteiger partial charge in [-0.2, -0.15) is 10.4 Å². The Balaban J connectivity index is 1.63. The third-order valence-corrected chi connectivity index (χ3v) is 4.59. The summed E-state index contributed by atoms with van der Waals surface area (Å²) >= 11 is 0. The Kier molecular flexibility index (Phi) is 3.34. The zero-order valence-electron chi connectivity index (χ0n) is 13.2. The van der Waals surface area contributed by atoms with Gasteiger partial charge in [-0.25, -0.2) is 14.1 Å². The van der Waals surface area contributed by atoms with Crippen LogP contribution in [0.3, 0.4) is 0 Å². The minimum absolute atomic E-state index is 0.141. The first-order valence-corrected chi connectivity index (χ1v) is 8.03. The first-order chi connectivity index (χ1) is 11.6. The zero-order valence-corrected chi connectivity index (χ0v) is 13.2. The van der Waals surface area contributed by atoms with Crippen molar-refractivity contribution in [2.45, 2.75) is 38.3 Å². The lowest BCUT2D eigenvalue weighted by Crippen LogP contribution is -2.41. The van der Waals surface area contributed by atoms with Crippen LogP contribution in [0.2, 0.25) is 0 Å². The van der Waals surface area contributed by atoms with Crippen LogP contribution in [0.5, 0.6) is 0 Å². The lowest BCUT2D eigenvalue weighted by atomic mass is 10.1. The normalized spacial score (nSPS) is 19.7. The maximum absolute atomic E-state index is 13.6. The Morgan fingerprint density at radius 2 is 2.12 bits per heavy atom. The van der Waals surface area contributed by atoms with Crippen molar-refractivity contribution in [2.75, 3.05) is 6.54 Å². The molecule has 1 aliphatic heterocycles. The molecule has 2 aromatic rings. The number of hydrogen-bond acceptors (Lipinski definition) is 4. The van der Waals surface area contributed by atoms with Crippen molar-refractivity contribution in [3.8, 4) is 6.07 Å². The van der Waals surface area contributed by atoms with Gasteiger partial charge in [0.15, 0.2) is 5.82 Å². The molecule has 0 bridgehead atoms. The smallest absolute Gasteiger partial charge is 0.254 e. The number of rotatable bonds is 2. The molecule has 0 saturated heterocycles. The van der Waals surface area contributed by atoms with Gasteiger partial charge in [0.25, 0.3) is 5.91 Å². The maximum atomic E-state index is 13.6. The van der Waals surface area contributed by atoms with Gasteiger partial charge in [-0.05, 0) is 38.0 Å². The molecule has 0 spiro atoms. The number of fused-ring (bicyclic) bond motifs is 1. The number of benzene rings is 1. The van der Waals surface area contributed by atoms with Crippen molar-refractivity contribution in [3.05, 3.63) is 46.8 Å². The monoisotopic (exact) mass is 325 g/mol. The summed E-state index contributed by atoms with van der Waals surface area (Å²) in [5.41, 5.74) is 0.330. The van der Waals surface area contributed by atoms with Gasteiger partial charge in [-0.3, -0.25) is 4.79 Å². The second-order valence-electron chi connectivity index (χ2n) is 6.34. The van der Waals surface area contributed by atoms with Gasteiger partial charge in [0, 0.05) is 18.0 Å². The van der Waals surface area contributed by atoms with Crippen LogP contribution in [-0.4, -0.2) is 32.1 Å². The standard InChI is InChI=1S/C17H16FN5O/c1-10-16-20-15(12-2-3-12)21-23(16)5-4-22(10)17(24)13-6-11(9-19)7-14(18)8-13/h6-8,10,12H,2-5H2,1H3/t10-/m1/s1. The molecule has 0 unspecified atom stereocenters. The van der Waals surface area contributed by atoms with Gasteiger partial charge in [-0.15, -0.1) is 0 Å². The van der Waals surface area contributed by atoms with E-state index in [1.165, 1.54) is 12.1 Å². The van der Waals surface area contributed by atoms with Gasteiger partial charge >= 0.3 is 0 Å². The summed E-state index contributed by atoms with van der Waals surface area (Å²) in [4.78, 5) is 19.1. The molecule has 0 N–H and O–H groups in total. The fourth-order valence-corrected chi connectivity index (χ4v) is 3.12. The molecular formula is C17H16FN5O. The third kappa shape index (κ3) is 2.44. The van der Waals surface area contributed by atoms with E-state index in [-0.39, 0.29) is 23.1 Å². The minimum Gasteiger partial charge on any atom is -0.327 e. The van der Waals surface area contributed by atoms with Crippen molar-refractivity contribution in [3.63, 3.8) is 0 Å². The first-order valence-electron chi connectivity index (χ1n) is 8.03. The van der Waals surface area contributed by atoms with Crippen molar-refractivity contribution >= 4 is 5.91 Å². The van der Waals surface area contributed by atoms with E-state index in [0.29, 0.717) is 19.0 Å². The highest BCUT2D eigenvalue weighted by Gasteiger charge is 2.35. The molecule has 1 atom stereocenters. The number of amides is 1. The fourth-order valence-electron chi connectivity index (χ4n) is 3.12. The van der Waals surface area contributed by atoms with Crippen LogP contribution in [0.15, 0.2) is 18.2 Å². The van der Waals surface area contributed by atoms with Crippen LogP contribution in [0.4, 0.5) is 4.39 Å². The Bertz CT molecular complexity index is 864. The summed E-state index contributed by atoms with van der Waals surface area (Å²) in [6, 6.07) is 5.36. The number of carbonyl (C=O) groups is 1. The molecule has 2 aliphatic rings. The summed E-state index contributed by atoms with van der Waals surface area (Å²) in [5, 5.41) is 13.5. The van der Waals surface area contributed by atoms with Crippen LogP contribution < -0.4 is 0 Å². The van der Waals surface area contributed by atoms with Crippen molar-refractivity contribution < 1.29 is 9.18 Å². The average molecular weight is 325 g/mol. The van der Waals surface area contributed by atoms with Crippen molar-refractivity contribution in [2.24, 2.45) is 0 Å². The number of nitriles is 1. The van der Waals surface area contributed by atoms with Crippen molar-refractivity contribution in [1.82, 2.24) is 19.7 Å². The molecule has 7 heteroatoms. The van der Waals surface area contributed by atoms with E-state index < -0.39 is 5.82 Å². The summed E-state index contributed by atoms with van der Waals surface area (Å²) in [5.74, 6) is 1.22. The number of hydrogen-bond donors (Lipinski definition) is 0. The Morgan fingerprint density at radius 3 is 2.83 bits per heavy atom. The highest BCUT2D eigenvalue weighted by molar-refractivity contribution is 5.94.